The SMILES string of the molecule is CCCC1=C2[C@@H](CC/C(C)=C/c3cc(Br)ccc3O)OB(O)C[C@@H]2[C@@H]2C(=O)N(c3cccc(B(O)O)c3)C(=O)[C@@H]2C1. The number of phenolic OH excluding ortho intramolecular Hbond substituents is 1. The molecule has 0 saturated carbocycles. The molecule has 2 aliphatic heterocycles. The van der Waals surface area contributed by atoms with Crippen LogP contribution in [0.1, 0.15) is 51.5 Å². The third kappa shape index (κ3) is 5.96. The van der Waals surface area contributed by atoms with Crippen molar-refractivity contribution in [3.63, 3.8) is 0 Å². The van der Waals surface area contributed by atoms with Gasteiger partial charge < -0.3 is 24.8 Å². The molecule has 2 fully saturated rings. The van der Waals surface area contributed by atoms with Gasteiger partial charge in [0.2, 0.25) is 11.8 Å². The Balaban J connectivity index is 1.43. The van der Waals surface area contributed by atoms with Gasteiger partial charge in [-0.2, -0.15) is 0 Å². The average Bonchev–Trinajstić information content (AvgIpc) is 3.18. The lowest BCUT2D eigenvalue weighted by molar-refractivity contribution is -0.122. The Morgan fingerprint density at radius 2 is 1.95 bits per heavy atom. The molecule has 2 aromatic rings. The number of amides is 2. The van der Waals surface area contributed by atoms with Crippen molar-refractivity contribution < 1.29 is 34.4 Å². The molecule has 4 atom stereocenters. The Hall–Kier alpha value is -2.69. The molecule has 5 rings (SSSR count). The van der Waals surface area contributed by atoms with E-state index in [0.717, 1.165) is 34.0 Å². The van der Waals surface area contributed by atoms with Crippen LogP contribution >= 0.6 is 15.9 Å². The minimum absolute atomic E-state index is 0.191. The van der Waals surface area contributed by atoms with Crippen molar-refractivity contribution >= 4 is 59.2 Å². The summed E-state index contributed by atoms with van der Waals surface area (Å²) in [4.78, 5) is 28.8. The zero-order chi connectivity index (χ0) is 29.4. The number of rotatable bonds is 8. The molecule has 41 heavy (non-hydrogen) atoms. The molecular formula is C30H34B2BrNO7. The molecule has 2 amide bonds. The summed E-state index contributed by atoms with van der Waals surface area (Å²) in [6.07, 6.45) is 5.14. The molecule has 8 nitrogen and oxygen atoms in total. The van der Waals surface area contributed by atoms with Gasteiger partial charge in [0.1, 0.15) is 5.75 Å². The monoisotopic (exact) mass is 621 g/mol. The number of hydrogen-bond donors (Lipinski definition) is 4. The van der Waals surface area contributed by atoms with Gasteiger partial charge >= 0.3 is 14.2 Å². The third-order valence-corrected chi connectivity index (χ3v) is 8.97. The van der Waals surface area contributed by atoms with Gasteiger partial charge in [0.05, 0.1) is 23.6 Å². The molecule has 2 aromatic carbocycles. The minimum Gasteiger partial charge on any atom is -0.507 e. The lowest BCUT2D eigenvalue weighted by Gasteiger charge is -2.43. The number of benzene rings is 2. The summed E-state index contributed by atoms with van der Waals surface area (Å²) < 4.78 is 6.95. The summed E-state index contributed by atoms with van der Waals surface area (Å²) in [7, 11) is -2.77. The number of hydrogen-bond acceptors (Lipinski definition) is 7. The van der Waals surface area contributed by atoms with Crippen molar-refractivity contribution in [1.29, 1.82) is 0 Å². The Kier molecular flexibility index (Phi) is 8.92. The molecule has 0 unspecified atom stereocenters. The van der Waals surface area contributed by atoms with Crippen molar-refractivity contribution in [1.82, 2.24) is 0 Å². The van der Waals surface area contributed by atoms with E-state index < -0.39 is 32.2 Å². The van der Waals surface area contributed by atoms with Crippen LogP contribution in [-0.2, 0) is 14.2 Å². The smallest absolute Gasteiger partial charge is 0.488 e. The Labute approximate surface area is 249 Å². The highest BCUT2D eigenvalue weighted by atomic mass is 79.9. The van der Waals surface area contributed by atoms with Crippen LogP contribution in [0.3, 0.4) is 0 Å². The minimum atomic E-state index is -1.72. The zero-order valence-electron chi connectivity index (χ0n) is 23.2. The molecule has 0 aromatic heterocycles. The maximum absolute atomic E-state index is 13.9. The van der Waals surface area contributed by atoms with E-state index in [-0.39, 0.29) is 35.3 Å². The van der Waals surface area contributed by atoms with E-state index >= 15 is 0 Å². The second-order valence-corrected chi connectivity index (χ2v) is 12.2. The zero-order valence-corrected chi connectivity index (χ0v) is 24.8. The largest absolute Gasteiger partial charge is 0.507 e. The quantitative estimate of drug-likeness (QED) is 0.200. The van der Waals surface area contributed by atoms with Crippen molar-refractivity contribution in [2.75, 3.05) is 4.90 Å². The van der Waals surface area contributed by atoms with Gasteiger partial charge in [0.15, 0.2) is 0 Å². The number of carbonyl (C=O) groups excluding carboxylic acids is 2. The van der Waals surface area contributed by atoms with Gasteiger partial charge in [0.25, 0.3) is 0 Å². The summed E-state index contributed by atoms with van der Waals surface area (Å²) >= 11 is 3.44. The van der Waals surface area contributed by atoms with Crippen molar-refractivity contribution in [3.8, 4) is 5.75 Å². The van der Waals surface area contributed by atoms with E-state index in [1.54, 1.807) is 24.3 Å². The number of aromatic hydroxyl groups is 1. The highest BCUT2D eigenvalue weighted by Crippen LogP contribution is 2.52. The van der Waals surface area contributed by atoms with Crippen molar-refractivity contribution in [2.24, 2.45) is 17.8 Å². The molecule has 214 valence electrons. The van der Waals surface area contributed by atoms with E-state index in [1.807, 2.05) is 19.1 Å². The van der Waals surface area contributed by atoms with Gasteiger partial charge in [-0.25, -0.2) is 0 Å². The molecule has 2 heterocycles. The fraction of sp³-hybridized carbons (Fsp3) is 0.400. The Morgan fingerprint density at radius 1 is 1.17 bits per heavy atom. The summed E-state index contributed by atoms with van der Waals surface area (Å²) in [5.41, 5.74) is 4.43. The predicted octanol–water partition coefficient (Wildman–Crippen LogP) is 3.82. The number of phenols is 1. The number of imide groups is 1. The second-order valence-electron chi connectivity index (χ2n) is 11.3. The van der Waals surface area contributed by atoms with Crippen LogP contribution in [-0.4, -0.2) is 52.3 Å². The van der Waals surface area contributed by atoms with E-state index in [0.29, 0.717) is 30.5 Å². The van der Waals surface area contributed by atoms with Crippen LogP contribution in [0.15, 0.2) is 63.7 Å². The van der Waals surface area contributed by atoms with Gasteiger partial charge in [0, 0.05) is 10.0 Å². The van der Waals surface area contributed by atoms with Crippen molar-refractivity contribution in [3.05, 3.63) is 69.2 Å². The molecular weight excluding hydrogens is 588 g/mol. The van der Waals surface area contributed by atoms with Crippen LogP contribution in [0.2, 0.25) is 6.32 Å². The molecule has 4 N–H and O–H groups in total. The molecule has 3 aliphatic rings. The van der Waals surface area contributed by atoms with E-state index in [2.05, 4.69) is 22.9 Å². The Bertz CT molecular complexity index is 1410. The number of anilines is 1. The third-order valence-electron chi connectivity index (χ3n) is 8.48. The summed E-state index contributed by atoms with van der Waals surface area (Å²) in [6, 6.07) is 11.5. The normalized spacial score (nSPS) is 24.6. The maximum Gasteiger partial charge on any atom is 0.488 e. The predicted molar refractivity (Wildman–Crippen MR) is 162 cm³/mol. The van der Waals surface area contributed by atoms with Gasteiger partial charge in [-0.05, 0) is 86.2 Å². The van der Waals surface area contributed by atoms with E-state index in [9.17, 15) is 29.8 Å². The van der Waals surface area contributed by atoms with Crippen LogP contribution in [0.5, 0.6) is 5.75 Å². The lowest BCUT2D eigenvalue weighted by Crippen LogP contribution is -2.46. The van der Waals surface area contributed by atoms with E-state index in [1.165, 1.54) is 17.0 Å². The standard InChI is InChI=1S/C30H34B2BrNO7/c1-3-5-18-14-23-28(30(37)34(29(23)36)22-7-4-6-20(15-22)32(39)40)24-16-31(38)41-26(27(18)24)11-8-17(2)12-19-13-21(33)9-10-25(19)35/h4,6-7,9-10,12-13,15,23-24,26,28,35,38-40H,3,5,8,11,14,16H2,1-2H3/b17-12+/t23-,24+,26-,28-/m1/s1. The van der Waals surface area contributed by atoms with Crippen LogP contribution < -0.4 is 10.4 Å². The number of halogens is 1. The van der Waals surface area contributed by atoms with Crippen LogP contribution in [0.4, 0.5) is 5.69 Å². The number of fused-ring (bicyclic) bond motifs is 3. The summed E-state index contributed by atoms with van der Waals surface area (Å²) in [5, 5.41) is 40.3. The average molecular weight is 622 g/mol. The molecule has 0 spiro atoms. The molecule has 0 radical (unpaired) electrons. The van der Waals surface area contributed by atoms with E-state index in [4.69, 9.17) is 4.65 Å². The Morgan fingerprint density at radius 3 is 2.68 bits per heavy atom. The second kappa shape index (κ2) is 12.3. The number of carbonyl (C=O) groups is 2. The first-order valence-corrected chi connectivity index (χ1v) is 14.9. The summed E-state index contributed by atoms with van der Waals surface area (Å²) in [6.45, 7) is 4.07. The van der Waals surface area contributed by atoms with Crippen LogP contribution in [0.25, 0.3) is 6.08 Å². The molecule has 2 saturated heterocycles. The lowest BCUT2D eigenvalue weighted by atomic mass is 9.58. The maximum atomic E-state index is 13.9. The number of nitrogens with zero attached hydrogens (tertiary/aromatic N) is 1. The molecule has 0 bridgehead atoms. The summed E-state index contributed by atoms with van der Waals surface area (Å²) in [5.74, 6) is -1.89. The van der Waals surface area contributed by atoms with Gasteiger partial charge in [-0.15, -0.1) is 0 Å². The van der Waals surface area contributed by atoms with Gasteiger partial charge in [-0.3, -0.25) is 14.5 Å². The van der Waals surface area contributed by atoms with Gasteiger partial charge in [-0.1, -0.05) is 58.6 Å². The number of allylic oxidation sites excluding steroid dienone is 2. The highest BCUT2D eigenvalue weighted by Gasteiger charge is 2.57. The highest BCUT2D eigenvalue weighted by molar-refractivity contribution is 9.10. The first-order valence-electron chi connectivity index (χ1n) is 14.1. The van der Waals surface area contributed by atoms with Crippen molar-refractivity contribution in [2.45, 2.75) is 58.4 Å². The fourth-order valence-corrected chi connectivity index (χ4v) is 7.10. The first-order chi connectivity index (χ1) is 19.6. The van der Waals surface area contributed by atoms with Crippen LogP contribution in [0, 0.1) is 17.8 Å². The first kappa shape index (κ1) is 29.8. The fourth-order valence-electron chi connectivity index (χ4n) is 6.72. The molecule has 11 heteroatoms. The molecule has 1 aliphatic carbocycles. The topological polar surface area (TPSA) is 128 Å².